The molecule has 0 aromatic carbocycles. The maximum Gasteiger partial charge on any atom is 0.397 e. The molecule has 13 heteroatoms. The Balaban J connectivity index is 2.48. The minimum Gasteiger partial charge on any atom is -0.457 e. The molecule has 0 aliphatic carbocycles. The highest BCUT2D eigenvalue weighted by atomic mass is 32.3. The van der Waals surface area contributed by atoms with E-state index in [-0.39, 0.29) is 19.6 Å². The molecule has 6 unspecified atom stereocenters. The van der Waals surface area contributed by atoms with Crippen LogP contribution in [0.15, 0.2) is 24.3 Å². The lowest BCUT2D eigenvalue weighted by molar-refractivity contribution is -0.301. The summed E-state index contributed by atoms with van der Waals surface area (Å²) in [6.45, 7) is 3.82. The van der Waals surface area contributed by atoms with Gasteiger partial charge >= 0.3 is 16.4 Å². The number of aliphatic hydroxyl groups is 3. The number of hydrogen-bond acceptors (Lipinski definition) is 11. The van der Waals surface area contributed by atoms with E-state index in [1.165, 1.54) is 25.7 Å². The summed E-state index contributed by atoms with van der Waals surface area (Å²) in [7, 11) is -5.05. The van der Waals surface area contributed by atoms with Gasteiger partial charge < -0.3 is 34.3 Å². The van der Waals surface area contributed by atoms with Crippen LogP contribution in [0.1, 0.15) is 129 Å². The quantitative estimate of drug-likeness (QED) is 0.0309. The summed E-state index contributed by atoms with van der Waals surface area (Å²) in [4.78, 5) is 12.6. The third-order valence-electron chi connectivity index (χ3n) is 8.08. The number of rotatable bonds is 30. The number of hydrogen-bond donors (Lipinski definition) is 4. The highest BCUT2D eigenvalue weighted by molar-refractivity contribution is 7.80. The van der Waals surface area contributed by atoms with Crippen LogP contribution in [0.25, 0.3) is 0 Å². The normalized spacial score (nSPS) is 22.5. The van der Waals surface area contributed by atoms with Crippen molar-refractivity contribution in [3.63, 3.8) is 0 Å². The smallest absolute Gasteiger partial charge is 0.397 e. The SMILES string of the molecule is CCCC/C=C\C/C=C\CCCCCCCCOCC(COC1OC(CO)C(O)C(OS(=O)(=O)O)C1O)OC(=O)CCCCCCCC. The molecule has 48 heavy (non-hydrogen) atoms. The van der Waals surface area contributed by atoms with E-state index in [1.54, 1.807) is 0 Å². The number of carbonyl (C=O) groups is 1. The molecular formula is C35H64O12S. The van der Waals surface area contributed by atoms with Crippen LogP contribution in [-0.2, 0) is 38.3 Å². The van der Waals surface area contributed by atoms with Crippen molar-refractivity contribution in [3.05, 3.63) is 24.3 Å². The predicted octanol–water partition coefficient (Wildman–Crippen LogP) is 5.73. The Labute approximate surface area is 289 Å². The van der Waals surface area contributed by atoms with Gasteiger partial charge in [0.2, 0.25) is 0 Å². The fraction of sp³-hybridized carbons (Fsp3) is 0.857. The molecule has 1 heterocycles. The number of allylic oxidation sites excluding steroid dienone is 4. The summed E-state index contributed by atoms with van der Waals surface area (Å²) >= 11 is 0. The third kappa shape index (κ3) is 22.3. The summed E-state index contributed by atoms with van der Waals surface area (Å²) in [5, 5.41) is 30.4. The molecule has 0 aromatic heterocycles. The summed E-state index contributed by atoms with van der Waals surface area (Å²) in [6.07, 6.45) is 18.3. The maximum atomic E-state index is 12.6. The largest absolute Gasteiger partial charge is 0.457 e. The van der Waals surface area contributed by atoms with E-state index < -0.39 is 59.8 Å². The second-order valence-electron chi connectivity index (χ2n) is 12.5. The fourth-order valence-electron chi connectivity index (χ4n) is 5.27. The monoisotopic (exact) mass is 708 g/mol. The first-order chi connectivity index (χ1) is 23.1. The lowest BCUT2D eigenvalue weighted by atomic mass is 9.99. The van der Waals surface area contributed by atoms with Crippen molar-refractivity contribution in [1.82, 2.24) is 0 Å². The minimum absolute atomic E-state index is 0.0299. The van der Waals surface area contributed by atoms with Crippen molar-refractivity contribution >= 4 is 16.4 Å². The Kier molecular flexibility index (Phi) is 26.3. The van der Waals surface area contributed by atoms with Gasteiger partial charge in [0.25, 0.3) is 0 Å². The van der Waals surface area contributed by atoms with Crippen molar-refractivity contribution < 1.29 is 56.2 Å². The lowest BCUT2D eigenvalue weighted by Crippen LogP contribution is -2.60. The molecule has 282 valence electrons. The molecule has 1 fully saturated rings. The Morgan fingerprint density at radius 2 is 1.40 bits per heavy atom. The zero-order valence-electron chi connectivity index (χ0n) is 29.3. The average Bonchev–Trinajstić information content (AvgIpc) is 3.05. The molecule has 1 rings (SSSR count). The molecule has 0 aromatic rings. The van der Waals surface area contributed by atoms with Crippen LogP contribution in [0.4, 0.5) is 0 Å². The molecule has 1 aliphatic heterocycles. The predicted molar refractivity (Wildman–Crippen MR) is 184 cm³/mol. The number of unbranched alkanes of at least 4 members (excludes halogenated alkanes) is 13. The molecule has 1 saturated heterocycles. The van der Waals surface area contributed by atoms with Crippen LogP contribution >= 0.6 is 0 Å². The van der Waals surface area contributed by atoms with Crippen LogP contribution in [0.5, 0.6) is 0 Å². The maximum absolute atomic E-state index is 12.6. The first-order valence-corrected chi connectivity index (χ1v) is 19.5. The summed E-state index contributed by atoms with van der Waals surface area (Å²) in [5.74, 6) is -0.415. The zero-order chi connectivity index (χ0) is 35.5. The van der Waals surface area contributed by atoms with E-state index in [0.717, 1.165) is 77.0 Å². The van der Waals surface area contributed by atoms with Gasteiger partial charge in [-0.25, -0.2) is 4.18 Å². The average molecular weight is 709 g/mol. The summed E-state index contributed by atoms with van der Waals surface area (Å²) < 4.78 is 58.5. The van der Waals surface area contributed by atoms with Gasteiger partial charge in [-0.3, -0.25) is 9.35 Å². The standard InChI is InChI=1S/C35H64O12S/c1-3-5-7-9-11-12-13-14-15-16-17-18-19-21-23-25-43-27-29(45-31(37)24-22-20-10-8-6-4-2)28-44-35-33(39)34(47-48(40,41)42)32(38)30(26-36)46-35/h9,11,13-14,29-30,32-36,38-39H,3-8,10,12,15-28H2,1-2H3,(H,40,41,42)/b11-9-,14-13-. The van der Waals surface area contributed by atoms with E-state index in [9.17, 15) is 28.5 Å². The molecule has 0 saturated carbocycles. The van der Waals surface area contributed by atoms with E-state index in [2.05, 4.69) is 42.3 Å². The van der Waals surface area contributed by atoms with E-state index in [1.807, 2.05) is 0 Å². The van der Waals surface area contributed by atoms with Gasteiger partial charge in [-0.1, -0.05) is 109 Å². The molecule has 0 spiro atoms. The number of carbonyl (C=O) groups excluding carboxylic acids is 1. The minimum atomic E-state index is -5.05. The van der Waals surface area contributed by atoms with E-state index in [4.69, 9.17) is 23.5 Å². The van der Waals surface area contributed by atoms with Gasteiger partial charge in [-0.15, -0.1) is 0 Å². The summed E-state index contributed by atoms with van der Waals surface area (Å²) in [5.41, 5.74) is 0. The molecule has 1 aliphatic rings. The van der Waals surface area contributed by atoms with Gasteiger partial charge in [0.05, 0.1) is 19.8 Å². The third-order valence-corrected chi connectivity index (χ3v) is 8.54. The second-order valence-corrected chi connectivity index (χ2v) is 13.5. The Morgan fingerprint density at radius 3 is 2.04 bits per heavy atom. The van der Waals surface area contributed by atoms with E-state index in [0.29, 0.717) is 13.0 Å². The first-order valence-electron chi connectivity index (χ1n) is 18.1. The molecule has 0 radical (unpaired) electrons. The van der Waals surface area contributed by atoms with Crippen LogP contribution in [0.2, 0.25) is 0 Å². The Bertz CT molecular complexity index is 957. The van der Waals surface area contributed by atoms with Crippen molar-refractivity contribution in [2.75, 3.05) is 26.4 Å². The second kappa shape index (κ2) is 28.3. The van der Waals surface area contributed by atoms with Crippen molar-refractivity contribution in [1.29, 1.82) is 0 Å². The molecule has 0 bridgehead atoms. The van der Waals surface area contributed by atoms with Gasteiger partial charge in [-0.05, 0) is 38.5 Å². The van der Waals surface area contributed by atoms with Crippen LogP contribution < -0.4 is 0 Å². The zero-order valence-corrected chi connectivity index (χ0v) is 30.1. The molecule has 6 atom stereocenters. The molecule has 4 N–H and O–H groups in total. The van der Waals surface area contributed by atoms with Crippen molar-refractivity contribution in [2.45, 2.75) is 166 Å². The van der Waals surface area contributed by atoms with E-state index >= 15 is 0 Å². The number of ether oxygens (including phenoxy) is 4. The Hall–Kier alpha value is -1.42. The first kappa shape index (κ1) is 44.6. The highest BCUT2D eigenvalue weighted by Gasteiger charge is 2.48. The lowest BCUT2D eigenvalue weighted by Gasteiger charge is -2.41. The van der Waals surface area contributed by atoms with Gasteiger partial charge in [0.1, 0.15) is 30.5 Å². The van der Waals surface area contributed by atoms with Crippen LogP contribution in [-0.4, -0.2) is 97.5 Å². The topological polar surface area (TPSA) is 178 Å². The van der Waals surface area contributed by atoms with Gasteiger partial charge in [0.15, 0.2) is 6.29 Å². The van der Waals surface area contributed by atoms with Gasteiger partial charge in [-0.2, -0.15) is 8.42 Å². The van der Waals surface area contributed by atoms with Crippen molar-refractivity contribution in [2.24, 2.45) is 0 Å². The molecule has 12 nitrogen and oxygen atoms in total. The van der Waals surface area contributed by atoms with Crippen LogP contribution in [0.3, 0.4) is 0 Å². The molecular weight excluding hydrogens is 644 g/mol. The van der Waals surface area contributed by atoms with Gasteiger partial charge in [0, 0.05) is 13.0 Å². The highest BCUT2D eigenvalue weighted by Crippen LogP contribution is 2.26. The van der Waals surface area contributed by atoms with Crippen LogP contribution in [0, 0.1) is 0 Å². The molecule has 0 amide bonds. The summed E-state index contributed by atoms with van der Waals surface area (Å²) in [6, 6.07) is 0. The van der Waals surface area contributed by atoms with Crippen molar-refractivity contribution in [3.8, 4) is 0 Å². The number of esters is 1. The fourth-order valence-corrected chi connectivity index (χ4v) is 5.78. The number of aliphatic hydroxyl groups excluding tert-OH is 3. The Morgan fingerprint density at radius 1 is 0.792 bits per heavy atom.